The molecule has 2 N–H and O–H groups in total. The Bertz CT molecular complexity index is 907. The van der Waals surface area contributed by atoms with E-state index in [2.05, 4.69) is 34.4 Å². The lowest BCUT2D eigenvalue weighted by Crippen LogP contribution is -2.12. The summed E-state index contributed by atoms with van der Waals surface area (Å²) in [5, 5.41) is 5.68. The molecule has 7 heteroatoms. The van der Waals surface area contributed by atoms with Gasteiger partial charge < -0.3 is 10.6 Å². The number of rotatable bonds is 6. The van der Waals surface area contributed by atoms with E-state index < -0.39 is 11.7 Å². The number of hydrogen-bond acceptors (Lipinski definition) is 4. The third kappa shape index (κ3) is 5.22. The van der Waals surface area contributed by atoms with Gasteiger partial charge in [-0.2, -0.15) is 18.2 Å². The highest BCUT2D eigenvalue weighted by Gasteiger charge is 2.35. The van der Waals surface area contributed by atoms with Gasteiger partial charge >= 0.3 is 6.18 Å². The second-order valence-electron chi connectivity index (χ2n) is 6.86. The molecule has 0 atom stereocenters. The van der Waals surface area contributed by atoms with Gasteiger partial charge in [-0.05, 0) is 42.2 Å². The van der Waals surface area contributed by atoms with Crippen molar-refractivity contribution in [1.82, 2.24) is 9.97 Å². The van der Waals surface area contributed by atoms with E-state index in [1.165, 1.54) is 5.56 Å². The second kappa shape index (κ2) is 8.29. The number of para-hydroxylation sites is 1. The lowest BCUT2D eigenvalue weighted by molar-refractivity contribution is -0.137. The molecular weight excluding hydrogens is 365 g/mol. The Hall–Kier alpha value is -3.09. The van der Waals surface area contributed by atoms with Crippen LogP contribution in [0, 0.1) is 5.92 Å². The van der Waals surface area contributed by atoms with Crippen LogP contribution in [-0.2, 0) is 12.6 Å². The number of benzene rings is 2. The highest BCUT2D eigenvalue weighted by atomic mass is 19.4. The van der Waals surface area contributed by atoms with Gasteiger partial charge in [0.25, 0.3) is 0 Å². The summed E-state index contributed by atoms with van der Waals surface area (Å²) in [6.07, 6.45) is -2.82. The molecule has 1 heterocycles. The van der Waals surface area contributed by atoms with E-state index in [4.69, 9.17) is 0 Å². The van der Waals surface area contributed by atoms with Gasteiger partial charge in [0.15, 0.2) is 0 Å². The van der Waals surface area contributed by atoms with Crippen molar-refractivity contribution in [2.24, 2.45) is 5.92 Å². The van der Waals surface area contributed by atoms with Gasteiger partial charge in [0.1, 0.15) is 11.4 Å². The van der Waals surface area contributed by atoms with E-state index >= 15 is 0 Å². The first-order chi connectivity index (χ1) is 13.3. The molecule has 0 radical (unpaired) electrons. The number of hydrogen-bond donors (Lipinski definition) is 2. The van der Waals surface area contributed by atoms with E-state index in [0.717, 1.165) is 12.6 Å². The van der Waals surface area contributed by atoms with Crippen molar-refractivity contribution < 1.29 is 13.2 Å². The molecule has 1 aromatic heterocycles. The molecule has 0 aliphatic carbocycles. The minimum atomic E-state index is -4.56. The van der Waals surface area contributed by atoms with Crippen LogP contribution in [-0.4, -0.2) is 9.97 Å². The van der Waals surface area contributed by atoms with E-state index in [1.807, 2.05) is 24.3 Å². The predicted octanol–water partition coefficient (Wildman–Crippen LogP) is 6.18. The normalized spacial score (nSPS) is 11.5. The first-order valence-corrected chi connectivity index (χ1v) is 8.93. The van der Waals surface area contributed by atoms with Crippen molar-refractivity contribution in [3.63, 3.8) is 0 Å². The number of anilines is 4. The van der Waals surface area contributed by atoms with Crippen LogP contribution in [0.15, 0.2) is 60.8 Å². The first-order valence-electron chi connectivity index (χ1n) is 8.93. The standard InChI is InChI=1S/C21H21F3N4/c1-14(2)12-15-8-10-17(11-9-15)27-20-25-13-18(21(22,23)24)19(28-20)26-16-6-4-3-5-7-16/h3-11,13-14H,12H2,1-2H3,(H2,25,26,27,28). The van der Waals surface area contributed by atoms with E-state index in [0.29, 0.717) is 17.3 Å². The lowest BCUT2D eigenvalue weighted by Gasteiger charge is -2.15. The number of nitrogens with one attached hydrogen (secondary N) is 2. The van der Waals surface area contributed by atoms with Gasteiger partial charge in [0.2, 0.25) is 5.95 Å². The Balaban J connectivity index is 1.84. The second-order valence-corrected chi connectivity index (χ2v) is 6.86. The predicted molar refractivity (Wildman–Crippen MR) is 105 cm³/mol. The molecule has 3 aromatic rings. The topological polar surface area (TPSA) is 49.8 Å². The van der Waals surface area contributed by atoms with Crippen molar-refractivity contribution in [2.75, 3.05) is 10.6 Å². The highest BCUT2D eigenvalue weighted by Crippen LogP contribution is 2.35. The number of aromatic nitrogens is 2. The van der Waals surface area contributed by atoms with Gasteiger partial charge in [-0.1, -0.05) is 44.2 Å². The summed E-state index contributed by atoms with van der Waals surface area (Å²) in [5.74, 6) is 0.333. The van der Waals surface area contributed by atoms with E-state index in [-0.39, 0.29) is 11.8 Å². The Morgan fingerprint density at radius 2 is 1.54 bits per heavy atom. The van der Waals surface area contributed by atoms with Gasteiger partial charge in [-0.15, -0.1) is 0 Å². The third-order valence-corrected chi connectivity index (χ3v) is 3.98. The summed E-state index contributed by atoms with van der Waals surface area (Å²) in [4.78, 5) is 7.88. The van der Waals surface area contributed by atoms with Crippen molar-refractivity contribution in [2.45, 2.75) is 26.4 Å². The van der Waals surface area contributed by atoms with Crippen molar-refractivity contribution in [1.29, 1.82) is 0 Å². The number of nitrogens with zero attached hydrogens (tertiary/aromatic N) is 2. The molecule has 2 aromatic carbocycles. The van der Waals surface area contributed by atoms with Crippen LogP contribution in [0.5, 0.6) is 0 Å². The molecule has 0 amide bonds. The van der Waals surface area contributed by atoms with Gasteiger partial charge in [-0.3, -0.25) is 0 Å². The summed E-state index contributed by atoms with van der Waals surface area (Å²) in [6.45, 7) is 4.28. The highest BCUT2D eigenvalue weighted by molar-refractivity contribution is 5.62. The zero-order valence-electron chi connectivity index (χ0n) is 15.6. The maximum Gasteiger partial charge on any atom is 0.421 e. The summed E-state index contributed by atoms with van der Waals surface area (Å²) in [6, 6.07) is 16.3. The van der Waals surface area contributed by atoms with Crippen LogP contribution in [0.3, 0.4) is 0 Å². The largest absolute Gasteiger partial charge is 0.421 e. The summed E-state index contributed by atoms with van der Waals surface area (Å²) in [7, 11) is 0. The SMILES string of the molecule is CC(C)Cc1ccc(Nc2ncc(C(F)(F)F)c(Nc3ccccc3)n2)cc1. The zero-order valence-corrected chi connectivity index (χ0v) is 15.6. The smallest absolute Gasteiger partial charge is 0.340 e. The fourth-order valence-corrected chi connectivity index (χ4v) is 2.73. The van der Waals surface area contributed by atoms with Crippen LogP contribution in [0.4, 0.5) is 36.3 Å². The van der Waals surface area contributed by atoms with Crippen LogP contribution in [0.25, 0.3) is 0 Å². The minimum absolute atomic E-state index is 0.0861. The van der Waals surface area contributed by atoms with Crippen LogP contribution >= 0.6 is 0 Å². The van der Waals surface area contributed by atoms with Gasteiger partial charge in [0, 0.05) is 17.6 Å². The monoisotopic (exact) mass is 386 g/mol. The van der Waals surface area contributed by atoms with Crippen LogP contribution < -0.4 is 10.6 Å². The Morgan fingerprint density at radius 1 is 0.893 bits per heavy atom. The fraction of sp³-hybridized carbons (Fsp3) is 0.238. The number of halogens is 3. The maximum atomic E-state index is 13.3. The molecular formula is C21H21F3N4. The van der Waals surface area contributed by atoms with Crippen molar-refractivity contribution in [3.05, 3.63) is 71.9 Å². The zero-order chi connectivity index (χ0) is 20.1. The summed E-state index contributed by atoms with van der Waals surface area (Å²) in [5.41, 5.74) is 1.49. The Labute approximate surface area is 161 Å². The average Bonchev–Trinajstić information content (AvgIpc) is 2.63. The Morgan fingerprint density at radius 3 is 2.14 bits per heavy atom. The molecule has 0 fully saturated rings. The molecule has 0 saturated heterocycles. The maximum absolute atomic E-state index is 13.3. The van der Waals surface area contributed by atoms with Crippen molar-refractivity contribution in [3.8, 4) is 0 Å². The quantitative estimate of drug-likeness (QED) is 0.531. The molecule has 0 spiro atoms. The Kier molecular flexibility index (Phi) is 5.82. The summed E-state index contributed by atoms with van der Waals surface area (Å²) < 4.78 is 40.0. The molecule has 0 unspecified atom stereocenters. The van der Waals surface area contributed by atoms with Crippen LogP contribution in [0.2, 0.25) is 0 Å². The van der Waals surface area contributed by atoms with Crippen molar-refractivity contribution >= 4 is 23.1 Å². The molecule has 0 aliphatic heterocycles. The molecule has 0 saturated carbocycles. The molecule has 146 valence electrons. The lowest BCUT2D eigenvalue weighted by atomic mass is 10.0. The average molecular weight is 386 g/mol. The molecule has 3 rings (SSSR count). The summed E-state index contributed by atoms with van der Waals surface area (Å²) >= 11 is 0. The van der Waals surface area contributed by atoms with Gasteiger partial charge in [0.05, 0.1) is 0 Å². The molecule has 0 aliphatic rings. The van der Waals surface area contributed by atoms with Gasteiger partial charge in [-0.25, -0.2) is 4.98 Å². The third-order valence-electron chi connectivity index (χ3n) is 3.98. The number of alkyl halides is 3. The van der Waals surface area contributed by atoms with E-state index in [9.17, 15) is 13.2 Å². The first kappa shape index (κ1) is 19.7. The molecule has 28 heavy (non-hydrogen) atoms. The van der Waals surface area contributed by atoms with E-state index in [1.54, 1.807) is 30.3 Å². The molecule has 0 bridgehead atoms. The minimum Gasteiger partial charge on any atom is -0.340 e. The molecule has 4 nitrogen and oxygen atoms in total. The van der Waals surface area contributed by atoms with Crippen LogP contribution in [0.1, 0.15) is 25.0 Å². The fourth-order valence-electron chi connectivity index (χ4n) is 2.73.